The van der Waals surface area contributed by atoms with Crippen LogP contribution in [0.25, 0.3) is 0 Å². The molecule has 156 valence electrons. The average molecular weight is 399 g/mol. The quantitative estimate of drug-likeness (QED) is 0.735. The van der Waals surface area contributed by atoms with E-state index in [4.69, 9.17) is 14.2 Å². The van der Waals surface area contributed by atoms with Crippen LogP contribution in [-0.4, -0.2) is 71.4 Å². The van der Waals surface area contributed by atoms with Gasteiger partial charge in [-0.3, -0.25) is 9.69 Å². The Morgan fingerprint density at radius 1 is 0.931 bits per heavy atom. The largest absolute Gasteiger partial charge is 0.497 e. The van der Waals surface area contributed by atoms with Gasteiger partial charge in [0, 0.05) is 50.9 Å². The highest BCUT2D eigenvalue weighted by Crippen LogP contribution is 2.28. The summed E-state index contributed by atoms with van der Waals surface area (Å²) < 4.78 is 15.9. The van der Waals surface area contributed by atoms with Gasteiger partial charge < -0.3 is 24.4 Å². The van der Waals surface area contributed by atoms with E-state index in [-0.39, 0.29) is 5.91 Å². The molecule has 7 nitrogen and oxygen atoms in total. The van der Waals surface area contributed by atoms with Gasteiger partial charge in [-0.15, -0.1) is 0 Å². The van der Waals surface area contributed by atoms with Crippen molar-refractivity contribution in [3.8, 4) is 17.2 Å². The van der Waals surface area contributed by atoms with E-state index in [1.54, 1.807) is 39.5 Å². The average Bonchev–Trinajstić information content (AvgIpc) is 2.79. The number of carbonyl (C=O) groups is 1. The van der Waals surface area contributed by atoms with Gasteiger partial charge >= 0.3 is 0 Å². The van der Waals surface area contributed by atoms with E-state index in [1.165, 1.54) is 0 Å². The Bertz CT molecular complexity index is 797. The number of benzene rings is 2. The first kappa shape index (κ1) is 20.8. The maximum Gasteiger partial charge on any atom is 0.251 e. The van der Waals surface area contributed by atoms with E-state index in [0.29, 0.717) is 23.6 Å². The van der Waals surface area contributed by atoms with E-state index >= 15 is 0 Å². The third-order valence-electron chi connectivity index (χ3n) is 5.13. The Labute approximate surface area is 172 Å². The fourth-order valence-corrected chi connectivity index (χ4v) is 3.47. The smallest absolute Gasteiger partial charge is 0.251 e. The van der Waals surface area contributed by atoms with Gasteiger partial charge in [0.25, 0.3) is 5.91 Å². The van der Waals surface area contributed by atoms with Crippen molar-refractivity contribution in [2.75, 3.05) is 65.5 Å². The number of carbonyl (C=O) groups excluding carboxylic acids is 1. The Balaban J connectivity index is 1.47. The van der Waals surface area contributed by atoms with Gasteiger partial charge in [-0.25, -0.2) is 0 Å². The van der Waals surface area contributed by atoms with Crippen molar-refractivity contribution in [3.63, 3.8) is 0 Å². The molecule has 7 heteroatoms. The van der Waals surface area contributed by atoms with Crippen LogP contribution in [0, 0.1) is 0 Å². The standard InChI is InChI=1S/C22H29N3O4/c1-27-18-14-17(15-19(16-18)28-2)22(26)23-8-9-24-10-12-25(13-11-24)20-6-4-5-7-21(20)29-3/h4-7,14-16H,8-13H2,1-3H3,(H,23,26). The summed E-state index contributed by atoms with van der Waals surface area (Å²) in [5.74, 6) is 1.97. The van der Waals surface area contributed by atoms with Gasteiger partial charge in [0.2, 0.25) is 0 Å². The van der Waals surface area contributed by atoms with E-state index in [9.17, 15) is 4.79 Å². The normalized spacial score (nSPS) is 14.4. The van der Waals surface area contributed by atoms with Crippen molar-refractivity contribution in [2.45, 2.75) is 0 Å². The Kier molecular flexibility index (Phi) is 7.19. The maximum atomic E-state index is 12.5. The number of piperazine rings is 1. The van der Waals surface area contributed by atoms with Crippen LogP contribution in [0.3, 0.4) is 0 Å². The third-order valence-corrected chi connectivity index (χ3v) is 5.13. The number of nitrogens with one attached hydrogen (secondary N) is 1. The zero-order chi connectivity index (χ0) is 20.6. The van der Waals surface area contributed by atoms with Gasteiger partial charge in [-0.05, 0) is 24.3 Å². The third kappa shape index (κ3) is 5.32. The SMILES string of the molecule is COc1cc(OC)cc(C(=O)NCCN2CCN(c3ccccc3OC)CC2)c1. The molecule has 0 unspecified atom stereocenters. The van der Waals surface area contributed by atoms with Gasteiger partial charge in [0.05, 0.1) is 27.0 Å². The van der Waals surface area contributed by atoms with Crippen LogP contribution >= 0.6 is 0 Å². The molecular weight excluding hydrogens is 370 g/mol. The summed E-state index contributed by atoms with van der Waals surface area (Å²) in [7, 11) is 4.85. The lowest BCUT2D eigenvalue weighted by Crippen LogP contribution is -2.48. The molecule has 1 aliphatic rings. The number of ether oxygens (including phenoxy) is 3. The number of amides is 1. The molecule has 2 aromatic carbocycles. The molecule has 0 bridgehead atoms. The molecule has 1 fully saturated rings. The maximum absolute atomic E-state index is 12.5. The number of hydrogen-bond acceptors (Lipinski definition) is 6. The van der Waals surface area contributed by atoms with Crippen LogP contribution in [0.15, 0.2) is 42.5 Å². The van der Waals surface area contributed by atoms with Gasteiger partial charge in [0.1, 0.15) is 17.2 Å². The van der Waals surface area contributed by atoms with E-state index < -0.39 is 0 Å². The Morgan fingerprint density at radius 3 is 2.21 bits per heavy atom. The van der Waals surface area contributed by atoms with Crippen molar-refractivity contribution >= 4 is 11.6 Å². The van der Waals surface area contributed by atoms with Crippen LogP contribution in [-0.2, 0) is 0 Å². The zero-order valence-electron chi connectivity index (χ0n) is 17.3. The topological polar surface area (TPSA) is 63.3 Å². The second kappa shape index (κ2) is 10.0. The molecule has 3 rings (SSSR count). The molecule has 2 aromatic rings. The zero-order valence-corrected chi connectivity index (χ0v) is 17.3. The molecule has 0 radical (unpaired) electrons. The van der Waals surface area contributed by atoms with Crippen molar-refractivity contribution in [1.82, 2.24) is 10.2 Å². The van der Waals surface area contributed by atoms with Gasteiger partial charge in [-0.1, -0.05) is 12.1 Å². The minimum absolute atomic E-state index is 0.130. The van der Waals surface area contributed by atoms with Crippen molar-refractivity contribution in [1.29, 1.82) is 0 Å². The summed E-state index contributed by atoms with van der Waals surface area (Å²) in [6.45, 7) is 5.16. The molecule has 0 atom stereocenters. The molecule has 0 aliphatic carbocycles. The van der Waals surface area contributed by atoms with E-state index in [1.807, 2.05) is 18.2 Å². The molecule has 1 aliphatic heterocycles. The Hall–Kier alpha value is -2.93. The molecule has 0 spiro atoms. The highest BCUT2D eigenvalue weighted by Gasteiger charge is 2.19. The fraction of sp³-hybridized carbons (Fsp3) is 0.409. The second-order valence-electron chi connectivity index (χ2n) is 6.86. The Morgan fingerprint density at radius 2 is 1.59 bits per heavy atom. The predicted molar refractivity (Wildman–Crippen MR) is 114 cm³/mol. The molecule has 29 heavy (non-hydrogen) atoms. The fourth-order valence-electron chi connectivity index (χ4n) is 3.47. The molecular formula is C22H29N3O4. The summed E-state index contributed by atoms with van der Waals surface area (Å²) >= 11 is 0. The van der Waals surface area contributed by atoms with Gasteiger partial charge in [0.15, 0.2) is 0 Å². The lowest BCUT2D eigenvalue weighted by atomic mass is 10.2. The first-order chi connectivity index (χ1) is 14.1. The van der Waals surface area contributed by atoms with E-state index in [0.717, 1.165) is 44.2 Å². The van der Waals surface area contributed by atoms with Crippen molar-refractivity contribution in [2.24, 2.45) is 0 Å². The number of rotatable bonds is 8. The van der Waals surface area contributed by atoms with Crippen LogP contribution in [0.4, 0.5) is 5.69 Å². The molecule has 1 saturated heterocycles. The number of methoxy groups -OCH3 is 3. The van der Waals surface area contributed by atoms with Crippen LogP contribution < -0.4 is 24.4 Å². The molecule has 1 amide bonds. The summed E-state index contributed by atoms with van der Waals surface area (Å²) in [5, 5.41) is 2.98. The molecule has 1 heterocycles. The first-order valence-electron chi connectivity index (χ1n) is 9.76. The van der Waals surface area contributed by atoms with Crippen LogP contribution in [0.5, 0.6) is 17.2 Å². The summed E-state index contributed by atoms with van der Waals surface area (Å²) in [6.07, 6.45) is 0. The monoisotopic (exact) mass is 399 g/mol. The lowest BCUT2D eigenvalue weighted by molar-refractivity contribution is 0.0947. The highest BCUT2D eigenvalue weighted by atomic mass is 16.5. The summed E-state index contributed by atoms with van der Waals surface area (Å²) in [4.78, 5) is 17.2. The minimum Gasteiger partial charge on any atom is -0.497 e. The number of para-hydroxylation sites is 2. The van der Waals surface area contributed by atoms with Gasteiger partial charge in [-0.2, -0.15) is 0 Å². The van der Waals surface area contributed by atoms with Crippen molar-refractivity contribution in [3.05, 3.63) is 48.0 Å². The number of hydrogen-bond donors (Lipinski definition) is 1. The first-order valence-corrected chi connectivity index (χ1v) is 9.76. The van der Waals surface area contributed by atoms with Crippen molar-refractivity contribution < 1.29 is 19.0 Å². The van der Waals surface area contributed by atoms with Crippen LogP contribution in [0.1, 0.15) is 10.4 Å². The molecule has 0 aromatic heterocycles. The van der Waals surface area contributed by atoms with E-state index in [2.05, 4.69) is 21.2 Å². The number of anilines is 1. The van der Waals surface area contributed by atoms with Crippen LogP contribution in [0.2, 0.25) is 0 Å². The number of nitrogens with zero attached hydrogens (tertiary/aromatic N) is 2. The highest BCUT2D eigenvalue weighted by molar-refractivity contribution is 5.95. The predicted octanol–water partition coefficient (Wildman–Crippen LogP) is 2.26. The molecule has 0 saturated carbocycles. The summed E-state index contributed by atoms with van der Waals surface area (Å²) in [5.41, 5.74) is 1.66. The summed E-state index contributed by atoms with van der Waals surface area (Å²) in [6, 6.07) is 13.3. The lowest BCUT2D eigenvalue weighted by Gasteiger charge is -2.36. The minimum atomic E-state index is -0.130. The second-order valence-corrected chi connectivity index (χ2v) is 6.86. The molecule has 1 N–H and O–H groups in total.